The van der Waals surface area contributed by atoms with Crippen molar-refractivity contribution < 1.29 is 9.18 Å². The summed E-state index contributed by atoms with van der Waals surface area (Å²) in [6.45, 7) is 5.45. The fourth-order valence-electron chi connectivity index (χ4n) is 1.86. The smallest absolute Gasteiger partial charge is 0.270 e. The van der Waals surface area contributed by atoms with E-state index in [0.29, 0.717) is 17.2 Å². The van der Waals surface area contributed by atoms with Gasteiger partial charge in [0.2, 0.25) is 0 Å². The first-order valence-electron chi connectivity index (χ1n) is 6.83. The minimum absolute atomic E-state index is 0.190. The highest BCUT2D eigenvalue weighted by molar-refractivity contribution is 7.13. The van der Waals surface area contributed by atoms with Crippen LogP contribution in [0.3, 0.4) is 0 Å². The maximum Gasteiger partial charge on any atom is 0.270 e. The highest BCUT2D eigenvalue weighted by atomic mass is 32.1. The van der Waals surface area contributed by atoms with Gasteiger partial charge in [-0.2, -0.15) is 0 Å². The molecule has 0 unspecified atom stereocenters. The Bertz CT molecular complexity index is 597. The van der Waals surface area contributed by atoms with Crippen molar-refractivity contribution in [3.63, 3.8) is 0 Å². The van der Waals surface area contributed by atoms with E-state index in [9.17, 15) is 9.18 Å². The summed E-state index contributed by atoms with van der Waals surface area (Å²) in [5.41, 5.74) is 1.20. The van der Waals surface area contributed by atoms with Crippen molar-refractivity contribution in [1.82, 2.24) is 15.6 Å². The molecule has 1 aromatic carbocycles. The van der Waals surface area contributed by atoms with Crippen molar-refractivity contribution in [3.8, 4) is 10.6 Å². The molecule has 6 heteroatoms. The molecular formula is C15H18FN3OS. The van der Waals surface area contributed by atoms with Crippen LogP contribution in [0.2, 0.25) is 0 Å². The van der Waals surface area contributed by atoms with Crippen LogP contribution in [-0.4, -0.2) is 30.0 Å². The van der Waals surface area contributed by atoms with Crippen molar-refractivity contribution in [2.75, 3.05) is 13.1 Å². The van der Waals surface area contributed by atoms with Crippen LogP contribution in [0, 0.1) is 5.82 Å². The first-order chi connectivity index (χ1) is 10.1. The zero-order valence-electron chi connectivity index (χ0n) is 12.0. The number of hydrogen-bond acceptors (Lipinski definition) is 4. The van der Waals surface area contributed by atoms with Crippen molar-refractivity contribution in [2.24, 2.45) is 0 Å². The number of likely N-dealkylation sites (N-methyl/N-ethyl adjacent to an activating group) is 1. The molecular weight excluding hydrogens is 289 g/mol. The Morgan fingerprint density at radius 2 is 2.10 bits per heavy atom. The average Bonchev–Trinajstić information content (AvgIpc) is 2.96. The predicted molar refractivity (Wildman–Crippen MR) is 83.0 cm³/mol. The van der Waals surface area contributed by atoms with Gasteiger partial charge in [0.25, 0.3) is 5.91 Å². The molecule has 0 spiro atoms. The Morgan fingerprint density at radius 1 is 1.38 bits per heavy atom. The molecule has 21 heavy (non-hydrogen) atoms. The van der Waals surface area contributed by atoms with Gasteiger partial charge in [0.1, 0.15) is 16.5 Å². The van der Waals surface area contributed by atoms with Crippen LogP contribution in [0.4, 0.5) is 4.39 Å². The lowest BCUT2D eigenvalue weighted by atomic mass is 10.2. The van der Waals surface area contributed by atoms with E-state index in [4.69, 9.17) is 0 Å². The lowest BCUT2D eigenvalue weighted by Gasteiger charge is -2.12. The molecule has 0 fully saturated rings. The minimum atomic E-state index is -0.286. The highest BCUT2D eigenvalue weighted by Gasteiger charge is 2.12. The SMILES string of the molecule is CCN[C@H](C)CNC(=O)c1csc(-c2ccc(F)cc2)n1. The summed E-state index contributed by atoms with van der Waals surface area (Å²) in [5.74, 6) is -0.477. The van der Waals surface area contributed by atoms with Gasteiger partial charge < -0.3 is 10.6 Å². The Balaban J connectivity index is 1.99. The standard InChI is InChI=1S/C15H18FN3OS/c1-3-17-10(2)8-18-14(20)13-9-21-15(19-13)11-4-6-12(16)7-5-11/h4-7,9-10,17H,3,8H2,1-2H3,(H,18,20)/t10-/m1/s1. The van der Waals surface area contributed by atoms with E-state index in [1.54, 1.807) is 17.5 Å². The molecule has 0 bridgehead atoms. The molecule has 112 valence electrons. The molecule has 0 radical (unpaired) electrons. The molecule has 1 amide bonds. The number of halogens is 1. The molecule has 0 aliphatic heterocycles. The second kappa shape index (κ2) is 7.28. The van der Waals surface area contributed by atoms with Gasteiger partial charge in [-0.3, -0.25) is 4.79 Å². The molecule has 0 aliphatic carbocycles. The Morgan fingerprint density at radius 3 is 2.76 bits per heavy atom. The molecule has 0 saturated heterocycles. The molecule has 2 N–H and O–H groups in total. The van der Waals surface area contributed by atoms with E-state index in [0.717, 1.165) is 12.1 Å². The quantitative estimate of drug-likeness (QED) is 0.862. The molecule has 4 nitrogen and oxygen atoms in total. The number of rotatable bonds is 6. The van der Waals surface area contributed by atoms with Gasteiger partial charge in [-0.15, -0.1) is 11.3 Å². The Labute approximate surface area is 127 Å². The van der Waals surface area contributed by atoms with Gasteiger partial charge in [-0.1, -0.05) is 6.92 Å². The van der Waals surface area contributed by atoms with E-state index in [2.05, 4.69) is 15.6 Å². The predicted octanol–water partition coefficient (Wildman–Crippen LogP) is 2.68. The molecule has 0 saturated carbocycles. The molecule has 1 atom stereocenters. The van der Waals surface area contributed by atoms with E-state index < -0.39 is 0 Å². The number of thiazole rings is 1. The van der Waals surface area contributed by atoms with Gasteiger partial charge in [-0.25, -0.2) is 9.37 Å². The number of hydrogen-bond donors (Lipinski definition) is 2. The van der Waals surface area contributed by atoms with Crippen molar-refractivity contribution in [1.29, 1.82) is 0 Å². The van der Waals surface area contributed by atoms with Crippen LogP contribution in [0.1, 0.15) is 24.3 Å². The van der Waals surface area contributed by atoms with Crippen molar-refractivity contribution in [3.05, 3.63) is 41.2 Å². The zero-order chi connectivity index (χ0) is 15.2. The third-order valence-electron chi connectivity index (χ3n) is 2.95. The molecule has 2 rings (SSSR count). The first kappa shape index (κ1) is 15.6. The Kier molecular flexibility index (Phi) is 5.41. The summed E-state index contributed by atoms with van der Waals surface area (Å²) in [6.07, 6.45) is 0. The summed E-state index contributed by atoms with van der Waals surface area (Å²) < 4.78 is 12.9. The number of aromatic nitrogens is 1. The largest absolute Gasteiger partial charge is 0.349 e. The van der Waals surface area contributed by atoms with E-state index >= 15 is 0 Å². The van der Waals surface area contributed by atoms with Gasteiger partial charge in [0.05, 0.1) is 0 Å². The van der Waals surface area contributed by atoms with Crippen LogP contribution in [-0.2, 0) is 0 Å². The van der Waals surface area contributed by atoms with E-state index in [1.165, 1.54) is 23.5 Å². The molecule has 0 aliphatic rings. The van der Waals surface area contributed by atoms with Crippen LogP contribution in [0.25, 0.3) is 10.6 Å². The molecule has 1 heterocycles. The summed E-state index contributed by atoms with van der Waals surface area (Å²) in [4.78, 5) is 16.3. The summed E-state index contributed by atoms with van der Waals surface area (Å²) in [6, 6.07) is 6.30. The normalized spacial score (nSPS) is 12.1. The molecule has 2 aromatic rings. The number of amides is 1. The number of nitrogens with one attached hydrogen (secondary N) is 2. The zero-order valence-corrected chi connectivity index (χ0v) is 12.8. The van der Waals surface area contributed by atoms with Gasteiger partial charge >= 0.3 is 0 Å². The van der Waals surface area contributed by atoms with Crippen molar-refractivity contribution in [2.45, 2.75) is 19.9 Å². The number of carbonyl (C=O) groups excluding carboxylic acids is 1. The van der Waals surface area contributed by atoms with E-state index in [1.807, 2.05) is 13.8 Å². The highest BCUT2D eigenvalue weighted by Crippen LogP contribution is 2.23. The molecule has 1 aromatic heterocycles. The lowest BCUT2D eigenvalue weighted by Crippen LogP contribution is -2.38. The van der Waals surface area contributed by atoms with Gasteiger partial charge in [-0.05, 0) is 37.7 Å². The van der Waals surface area contributed by atoms with Gasteiger partial charge in [0, 0.05) is 23.5 Å². The first-order valence-corrected chi connectivity index (χ1v) is 7.71. The third-order valence-corrected chi connectivity index (χ3v) is 3.84. The third kappa shape index (κ3) is 4.34. The monoisotopic (exact) mass is 307 g/mol. The second-order valence-corrected chi connectivity index (χ2v) is 5.57. The Hall–Kier alpha value is -1.79. The van der Waals surface area contributed by atoms with Crippen molar-refractivity contribution >= 4 is 17.2 Å². The maximum atomic E-state index is 12.9. The minimum Gasteiger partial charge on any atom is -0.349 e. The van der Waals surface area contributed by atoms with E-state index in [-0.39, 0.29) is 17.8 Å². The van der Waals surface area contributed by atoms with Crippen LogP contribution >= 0.6 is 11.3 Å². The summed E-state index contributed by atoms with van der Waals surface area (Å²) >= 11 is 1.37. The lowest BCUT2D eigenvalue weighted by molar-refractivity contribution is 0.0946. The summed E-state index contributed by atoms with van der Waals surface area (Å²) in [5, 5.41) is 8.48. The number of benzene rings is 1. The second-order valence-electron chi connectivity index (χ2n) is 4.71. The maximum absolute atomic E-state index is 12.9. The fraction of sp³-hybridized carbons (Fsp3) is 0.333. The van der Waals surface area contributed by atoms with Crippen LogP contribution < -0.4 is 10.6 Å². The number of carbonyl (C=O) groups is 1. The van der Waals surface area contributed by atoms with Crippen LogP contribution in [0.15, 0.2) is 29.6 Å². The average molecular weight is 307 g/mol. The van der Waals surface area contributed by atoms with Gasteiger partial charge in [0.15, 0.2) is 0 Å². The fourth-order valence-corrected chi connectivity index (χ4v) is 2.67. The summed E-state index contributed by atoms with van der Waals surface area (Å²) in [7, 11) is 0. The number of nitrogens with zero attached hydrogens (tertiary/aromatic N) is 1. The topological polar surface area (TPSA) is 54.0 Å². The van der Waals surface area contributed by atoms with Crippen LogP contribution in [0.5, 0.6) is 0 Å².